The van der Waals surface area contributed by atoms with Crippen molar-refractivity contribution in [3.8, 4) is 22.4 Å². The average molecular weight is 480 g/mol. The van der Waals surface area contributed by atoms with Crippen LogP contribution in [0.5, 0.6) is 0 Å². The molecule has 1 aromatic carbocycles. The van der Waals surface area contributed by atoms with Crippen molar-refractivity contribution in [2.45, 2.75) is 25.2 Å². The standard InChI is InChI=1S/C22H14F6N4O2/c23-21(24,25)14-3-1-12(2-4-14)17-10-18(22(26,27)28)32-20(31-17)16(11-30-32)13-7-8-29-15(9-13)5-6-19(33)34/h1-4,7-11H,5-6H2,(H,33,34). The molecule has 34 heavy (non-hydrogen) atoms. The minimum absolute atomic E-state index is 0.0602. The van der Waals surface area contributed by atoms with Gasteiger partial charge in [-0.3, -0.25) is 9.78 Å². The Hall–Kier alpha value is -3.96. The summed E-state index contributed by atoms with van der Waals surface area (Å²) in [4.78, 5) is 19.1. The number of hydrogen-bond acceptors (Lipinski definition) is 4. The van der Waals surface area contributed by atoms with Gasteiger partial charge < -0.3 is 5.11 Å². The molecule has 3 aromatic heterocycles. The van der Waals surface area contributed by atoms with Gasteiger partial charge in [0.15, 0.2) is 11.3 Å². The Morgan fingerprint density at radius 3 is 2.26 bits per heavy atom. The van der Waals surface area contributed by atoms with Gasteiger partial charge in [0, 0.05) is 29.4 Å². The highest BCUT2D eigenvalue weighted by Crippen LogP contribution is 2.36. The quantitative estimate of drug-likeness (QED) is 0.381. The van der Waals surface area contributed by atoms with Crippen LogP contribution < -0.4 is 0 Å². The second-order valence-corrected chi connectivity index (χ2v) is 7.32. The molecule has 0 spiro atoms. The summed E-state index contributed by atoms with van der Waals surface area (Å²) in [5, 5.41) is 12.7. The van der Waals surface area contributed by atoms with Crippen molar-refractivity contribution >= 4 is 11.6 Å². The number of halogens is 6. The maximum absolute atomic E-state index is 13.8. The summed E-state index contributed by atoms with van der Waals surface area (Å²) in [6.45, 7) is 0. The zero-order chi connectivity index (χ0) is 24.7. The van der Waals surface area contributed by atoms with Crippen LogP contribution in [-0.4, -0.2) is 30.7 Å². The summed E-state index contributed by atoms with van der Waals surface area (Å²) in [5.74, 6) is -1.03. The predicted molar refractivity (Wildman–Crippen MR) is 108 cm³/mol. The molecule has 0 saturated carbocycles. The van der Waals surface area contributed by atoms with Crippen molar-refractivity contribution in [2.24, 2.45) is 0 Å². The van der Waals surface area contributed by atoms with E-state index in [2.05, 4.69) is 15.1 Å². The number of aromatic nitrogens is 4. The molecule has 3 heterocycles. The van der Waals surface area contributed by atoms with Gasteiger partial charge in [0.1, 0.15) is 0 Å². The van der Waals surface area contributed by atoms with Gasteiger partial charge in [0.2, 0.25) is 0 Å². The number of carbonyl (C=O) groups is 1. The van der Waals surface area contributed by atoms with Crippen molar-refractivity contribution in [1.82, 2.24) is 19.6 Å². The van der Waals surface area contributed by atoms with E-state index in [1.807, 2.05) is 0 Å². The Morgan fingerprint density at radius 1 is 0.941 bits per heavy atom. The largest absolute Gasteiger partial charge is 0.481 e. The molecule has 0 bridgehead atoms. The number of rotatable bonds is 5. The molecule has 0 saturated heterocycles. The number of nitrogens with zero attached hydrogens (tertiary/aromatic N) is 4. The van der Waals surface area contributed by atoms with E-state index in [4.69, 9.17) is 5.11 Å². The Labute approximate surface area is 187 Å². The van der Waals surface area contributed by atoms with E-state index in [1.54, 1.807) is 0 Å². The molecule has 0 radical (unpaired) electrons. The minimum atomic E-state index is -4.82. The van der Waals surface area contributed by atoms with E-state index in [-0.39, 0.29) is 35.3 Å². The first-order chi connectivity index (χ1) is 15.9. The van der Waals surface area contributed by atoms with E-state index in [1.165, 1.54) is 24.5 Å². The Balaban J connectivity index is 1.85. The highest BCUT2D eigenvalue weighted by molar-refractivity contribution is 5.79. The molecule has 0 aliphatic heterocycles. The van der Waals surface area contributed by atoms with Gasteiger partial charge in [-0.25, -0.2) is 9.50 Å². The predicted octanol–water partition coefficient (Wildman–Crippen LogP) is 5.51. The van der Waals surface area contributed by atoms with E-state index < -0.39 is 29.6 Å². The highest BCUT2D eigenvalue weighted by atomic mass is 19.4. The number of pyridine rings is 1. The molecule has 1 N–H and O–H groups in total. The molecule has 0 fully saturated rings. The van der Waals surface area contributed by atoms with Gasteiger partial charge in [-0.05, 0) is 35.9 Å². The number of aliphatic carboxylic acids is 1. The summed E-state index contributed by atoms with van der Waals surface area (Å²) < 4.78 is 80.6. The third-order valence-electron chi connectivity index (χ3n) is 4.99. The van der Waals surface area contributed by atoms with Gasteiger partial charge in [-0.15, -0.1) is 0 Å². The summed E-state index contributed by atoms with van der Waals surface area (Å²) >= 11 is 0. The van der Waals surface area contributed by atoms with E-state index in [0.29, 0.717) is 15.8 Å². The first-order valence-corrected chi connectivity index (χ1v) is 9.74. The lowest BCUT2D eigenvalue weighted by molar-refractivity contribution is -0.142. The van der Waals surface area contributed by atoms with E-state index >= 15 is 0 Å². The van der Waals surface area contributed by atoms with Crippen LogP contribution in [0, 0.1) is 0 Å². The third kappa shape index (κ3) is 4.70. The van der Waals surface area contributed by atoms with Crippen LogP contribution in [0.25, 0.3) is 28.0 Å². The molecular formula is C22H14F6N4O2. The van der Waals surface area contributed by atoms with Crippen LogP contribution in [0.2, 0.25) is 0 Å². The minimum Gasteiger partial charge on any atom is -0.481 e. The van der Waals surface area contributed by atoms with Gasteiger partial charge in [0.25, 0.3) is 0 Å². The summed E-state index contributed by atoms with van der Waals surface area (Å²) in [5.41, 5.74) is -1.34. The van der Waals surface area contributed by atoms with Crippen LogP contribution in [0.15, 0.2) is 54.9 Å². The zero-order valence-electron chi connectivity index (χ0n) is 17.0. The maximum Gasteiger partial charge on any atom is 0.433 e. The lowest BCUT2D eigenvalue weighted by Gasteiger charge is -2.12. The monoisotopic (exact) mass is 480 g/mol. The maximum atomic E-state index is 13.8. The molecule has 176 valence electrons. The lowest BCUT2D eigenvalue weighted by atomic mass is 10.1. The first-order valence-electron chi connectivity index (χ1n) is 9.74. The molecule has 12 heteroatoms. The Kier molecular flexibility index (Phi) is 5.75. The molecule has 0 aliphatic rings. The highest BCUT2D eigenvalue weighted by Gasteiger charge is 2.36. The normalized spacial score (nSPS) is 12.3. The smallest absolute Gasteiger partial charge is 0.433 e. The van der Waals surface area contributed by atoms with Crippen molar-refractivity contribution in [1.29, 1.82) is 0 Å². The molecule has 0 aliphatic carbocycles. The van der Waals surface area contributed by atoms with Gasteiger partial charge in [0.05, 0.1) is 23.9 Å². The van der Waals surface area contributed by atoms with Crippen LogP contribution in [0.1, 0.15) is 23.4 Å². The van der Waals surface area contributed by atoms with Crippen molar-refractivity contribution < 1.29 is 36.2 Å². The van der Waals surface area contributed by atoms with Crippen molar-refractivity contribution in [2.75, 3.05) is 0 Å². The summed E-state index contributed by atoms with van der Waals surface area (Å²) in [7, 11) is 0. The molecular weight excluding hydrogens is 466 g/mol. The first kappa shape index (κ1) is 23.2. The SMILES string of the molecule is O=C(O)CCc1cc(-c2cnn3c(C(F)(F)F)cc(-c4ccc(C(F)(F)F)cc4)nc23)ccn1. The van der Waals surface area contributed by atoms with Gasteiger partial charge in [-0.1, -0.05) is 12.1 Å². The van der Waals surface area contributed by atoms with Crippen LogP contribution in [0.4, 0.5) is 26.3 Å². The fourth-order valence-corrected chi connectivity index (χ4v) is 3.36. The van der Waals surface area contributed by atoms with E-state index in [0.717, 1.165) is 30.3 Å². The van der Waals surface area contributed by atoms with Gasteiger partial charge >= 0.3 is 18.3 Å². The number of benzene rings is 1. The summed E-state index contributed by atoms with van der Waals surface area (Å²) in [6, 6.07) is 7.40. The van der Waals surface area contributed by atoms with Crippen LogP contribution in [-0.2, 0) is 23.6 Å². The molecule has 0 unspecified atom stereocenters. The van der Waals surface area contributed by atoms with Crippen molar-refractivity contribution in [3.63, 3.8) is 0 Å². The molecule has 4 rings (SSSR count). The summed E-state index contributed by atoms with van der Waals surface area (Å²) in [6.07, 6.45) is -6.91. The fraction of sp³-hybridized carbons (Fsp3) is 0.182. The topological polar surface area (TPSA) is 80.4 Å². The second kappa shape index (κ2) is 8.43. The molecule has 0 amide bonds. The number of aryl methyl sites for hydroxylation is 1. The second-order valence-electron chi connectivity index (χ2n) is 7.32. The molecule has 6 nitrogen and oxygen atoms in total. The Morgan fingerprint density at radius 2 is 1.65 bits per heavy atom. The number of carboxylic acid groups (broad SMARTS) is 1. The van der Waals surface area contributed by atoms with Crippen molar-refractivity contribution in [3.05, 3.63) is 71.8 Å². The zero-order valence-corrected chi connectivity index (χ0v) is 17.0. The van der Waals surface area contributed by atoms with Crippen LogP contribution in [0.3, 0.4) is 0 Å². The number of alkyl halides is 6. The van der Waals surface area contributed by atoms with Crippen LogP contribution >= 0.6 is 0 Å². The Bertz CT molecular complexity index is 1360. The fourth-order valence-electron chi connectivity index (χ4n) is 3.36. The van der Waals surface area contributed by atoms with E-state index in [9.17, 15) is 31.1 Å². The number of fused-ring (bicyclic) bond motifs is 1. The van der Waals surface area contributed by atoms with Gasteiger partial charge in [-0.2, -0.15) is 31.4 Å². The average Bonchev–Trinajstić information content (AvgIpc) is 3.20. The lowest BCUT2D eigenvalue weighted by Crippen LogP contribution is -2.13. The number of hydrogen-bond donors (Lipinski definition) is 1. The molecule has 4 aromatic rings. The molecule has 0 atom stereocenters. The number of carboxylic acids is 1. The third-order valence-corrected chi connectivity index (χ3v) is 4.99.